The Kier molecular flexibility index (Phi) is 5.05. The average molecular weight is 352 g/mol. The quantitative estimate of drug-likeness (QED) is 0.605. The molecule has 0 atom stereocenters. The van der Waals surface area contributed by atoms with Gasteiger partial charge in [0.2, 0.25) is 0 Å². The van der Waals surface area contributed by atoms with Crippen LogP contribution in [-0.4, -0.2) is 12.9 Å². The Hall–Kier alpha value is -2.78. The molecule has 0 aromatic heterocycles. The zero-order valence-corrected chi connectivity index (χ0v) is 14.8. The average Bonchev–Trinajstić information content (AvgIpc) is 2.62. The molecule has 1 N–H and O–H groups in total. The molecule has 0 bridgehead atoms. The Morgan fingerprint density at radius 2 is 1.60 bits per heavy atom. The summed E-state index contributed by atoms with van der Waals surface area (Å²) in [6.07, 6.45) is 0. The molecule has 0 aliphatic rings. The van der Waals surface area contributed by atoms with Crippen LogP contribution in [0, 0.1) is 6.92 Å². The van der Waals surface area contributed by atoms with E-state index in [1.807, 2.05) is 61.5 Å². The molecule has 0 radical (unpaired) electrons. The molecule has 3 aromatic carbocycles. The molecule has 0 fully saturated rings. The zero-order chi connectivity index (χ0) is 17.8. The lowest BCUT2D eigenvalue weighted by molar-refractivity contribution is 0.103. The molecule has 126 valence electrons. The van der Waals surface area contributed by atoms with Crippen molar-refractivity contribution in [2.75, 3.05) is 12.4 Å². The van der Waals surface area contributed by atoms with E-state index in [1.54, 1.807) is 19.2 Å². The summed E-state index contributed by atoms with van der Waals surface area (Å²) in [5.74, 6) is 0.724. The molecule has 0 saturated carbocycles. The van der Waals surface area contributed by atoms with Crippen LogP contribution in [-0.2, 0) is 0 Å². The summed E-state index contributed by atoms with van der Waals surface area (Å²) >= 11 is 6.36. The van der Waals surface area contributed by atoms with E-state index < -0.39 is 0 Å². The number of nitrogens with one attached hydrogen (secondary N) is 1. The van der Waals surface area contributed by atoms with Crippen molar-refractivity contribution in [2.24, 2.45) is 0 Å². The maximum absolute atomic E-state index is 12.7. The molecule has 0 aliphatic heterocycles. The number of rotatable bonds is 5. The molecule has 4 heteroatoms. The predicted octanol–water partition coefficient (Wildman–Crippen LogP) is 5.63. The molecule has 0 aliphatic carbocycles. The van der Waals surface area contributed by atoms with Crippen molar-refractivity contribution in [1.29, 1.82) is 0 Å². The molecule has 0 heterocycles. The van der Waals surface area contributed by atoms with E-state index in [0.717, 1.165) is 22.7 Å². The number of anilines is 2. The third-order valence-electron chi connectivity index (χ3n) is 3.98. The smallest absolute Gasteiger partial charge is 0.194 e. The number of ketones is 1. The molecular formula is C21H18ClNO2. The minimum absolute atomic E-state index is 0.0703. The van der Waals surface area contributed by atoms with Crippen LogP contribution >= 0.6 is 11.6 Å². The fourth-order valence-corrected chi connectivity index (χ4v) is 2.86. The first-order valence-corrected chi connectivity index (χ1v) is 8.27. The van der Waals surface area contributed by atoms with Crippen LogP contribution in [0.2, 0.25) is 5.02 Å². The molecule has 3 nitrogen and oxygen atoms in total. The van der Waals surface area contributed by atoms with E-state index in [2.05, 4.69) is 5.32 Å². The maximum atomic E-state index is 12.7. The Bertz CT molecular complexity index is 904. The highest BCUT2D eigenvalue weighted by atomic mass is 35.5. The number of benzene rings is 3. The predicted molar refractivity (Wildman–Crippen MR) is 102 cm³/mol. The first kappa shape index (κ1) is 17.1. The van der Waals surface area contributed by atoms with Gasteiger partial charge in [-0.15, -0.1) is 0 Å². The number of ether oxygens (including phenoxy) is 1. The van der Waals surface area contributed by atoms with Gasteiger partial charge in [0.1, 0.15) is 5.75 Å². The van der Waals surface area contributed by atoms with E-state index >= 15 is 0 Å². The van der Waals surface area contributed by atoms with Gasteiger partial charge in [-0.2, -0.15) is 0 Å². The van der Waals surface area contributed by atoms with Crippen molar-refractivity contribution in [3.05, 3.63) is 88.4 Å². The van der Waals surface area contributed by atoms with Crippen molar-refractivity contribution in [2.45, 2.75) is 6.92 Å². The summed E-state index contributed by atoms with van der Waals surface area (Å²) in [7, 11) is 1.63. The fourth-order valence-electron chi connectivity index (χ4n) is 2.59. The number of aryl methyl sites for hydroxylation is 1. The second kappa shape index (κ2) is 7.41. The van der Waals surface area contributed by atoms with Gasteiger partial charge in [0, 0.05) is 22.5 Å². The monoisotopic (exact) mass is 351 g/mol. The lowest BCUT2D eigenvalue weighted by Gasteiger charge is -2.11. The van der Waals surface area contributed by atoms with Gasteiger partial charge < -0.3 is 10.1 Å². The van der Waals surface area contributed by atoms with Gasteiger partial charge in [-0.25, -0.2) is 0 Å². The van der Waals surface area contributed by atoms with Crippen LogP contribution < -0.4 is 10.1 Å². The largest absolute Gasteiger partial charge is 0.497 e. The maximum Gasteiger partial charge on any atom is 0.194 e. The Labute approximate surface area is 152 Å². The van der Waals surface area contributed by atoms with Crippen LogP contribution in [0.5, 0.6) is 5.75 Å². The van der Waals surface area contributed by atoms with Crippen molar-refractivity contribution >= 4 is 28.8 Å². The summed E-state index contributed by atoms with van der Waals surface area (Å²) < 4.78 is 5.15. The molecular weight excluding hydrogens is 334 g/mol. The van der Waals surface area contributed by atoms with Crippen LogP contribution in [0.4, 0.5) is 11.4 Å². The van der Waals surface area contributed by atoms with Gasteiger partial charge in [0.15, 0.2) is 5.78 Å². The second-order valence-corrected chi connectivity index (χ2v) is 6.10. The summed E-state index contributed by atoms with van der Waals surface area (Å²) in [6, 6.07) is 20.4. The Morgan fingerprint density at radius 1 is 0.920 bits per heavy atom. The third-order valence-corrected chi connectivity index (χ3v) is 4.29. The third kappa shape index (κ3) is 3.83. The van der Waals surface area contributed by atoms with E-state index in [4.69, 9.17) is 16.3 Å². The first-order chi connectivity index (χ1) is 12.1. The standard InChI is InChI=1S/C21H18ClNO2/c1-14-5-3-4-6-18(14)21(24)19-12-9-16(13-20(19)22)23-15-7-10-17(25-2)11-8-15/h3-13,23H,1-2H3. The summed E-state index contributed by atoms with van der Waals surface area (Å²) in [5, 5.41) is 3.68. The lowest BCUT2D eigenvalue weighted by atomic mass is 9.99. The summed E-state index contributed by atoms with van der Waals surface area (Å²) in [6.45, 7) is 1.92. The van der Waals surface area contributed by atoms with Crippen LogP contribution in [0.25, 0.3) is 0 Å². The minimum Gasteiger partial charge on any atom is -0.497 e. The number of halogens is 1. The molecule has 0 spiro atoms. The van der Waals surface area contributed by atoms with Crippen molar-refractivity contribution in [1.82, 2.24) is 0 Å². The van der Waals surface area contributed by atoms with E-state index in [9.17, 15) is 4.79 Å². The van der Waals surface area contributed by atoms with Gasteiger partial charge in [-0.1, -0.05) is 35.9 Å². The minimum atomic E-state index is -0.0703. The fraction of sp³-hybridized carbons (Fsp3) is 0.0952. The number of methoxy groups -OCH3 is 1. The number of carbonyl (C=O) groups excluding carboxylic acids is 1. The highest BCUT2D eigenvalue weighted by Gasteiger charge is 2.15. The number of hydrogen-bond donors (Lipinski definition) is 1. The second-order valence-electron chi connectivity index (χ2n) is 5.69. The Balaban J connectivity index is 1.83. The van der Waals surface area contributed by atoms with Gasteiger partial charge in [-0.05, 0) is 55.0 Å². The van der Waals surface area contributed by atoms with E-state index in [0.29, 0.717) is 16.1 Å². The summed E-state index contributed by atoms with van der Waals surface area (Å²) in [4.78, 5) is 12.7. The van der Waals surface area contributed by atoms with Crippen molar-refractivity contribution in [3.8, 4) is 5.75 Å². The highest BCUT2D eigenvalue weighted by molar-refractivity contribution is 6.35. The molecule has 3 rings (SSSR count). The van der Waals surface area contributed by atoms with Crippen LogP contribution in [0.3, 0.4) is 0 Å². The summed E-state index contributed by atoms with van der Waals surface area (Å²) in [5.41, 5.74) is 3.83. The molecule has 25 heavy (non-hydrogen) atoms. The topological polar surface area (TPSA) is 38.3 Å². The molecule has 3 aromatic rings. The SMILES string of the molecule is COc1ccc(Nc2ccc(C(=O)c3ccccc3C)c(Cl)c2)cc1. The van der Waals surface area contributed by atoms with E-state index in [1.165, 1.54) is 0 Å². The van der Waals surface area contributed by atoms with Crippen molar-refractivity contribution in [3.63, 3.8) is 0 Å². The van der Waals surface area contributed by atoms with Crippen LogP contribution in [0.15, 0.2) is 66.7 Å². The highest BCUT2D eigenvalue weighted by Crippen LogP contribution is 2.27. The zero-order valence-electron chi connectivity index (χ0n) is 14.0. The Morgan fingerprint density at radius 3 is 2.24 bits per heavy atom. The van der Waals surface area contributed by atoms with Gasteiger partial charge in [0.05, 0.1) is 12.1 Å². The molecule has 0 amide bonds. The van der Waals surface area contributed by atoms with Gasteiger partial charge in [-0.3, -0.25) is 4.79 Å². The van der Waals surface area contributed by atoms with E-state index in [-0.39, 0.29) is 5.78 Å². The molecule has 0 saturated heterocycles. The number of carbonyl (C=O) groups is 1. The normalized spacial score (nSPS) is 10.4. The first-order valence-electron chi connectivity index (χ1n) is 7.89. The lowest BCUT2D eigenvalue weighted by Crippen LogP contribution is -2.04. The van der Waals surface area contributed by atoms with Crippen molar-refractivity contribution < 1.29 is 9.53 Å². The van der Waals surface area contributed by atoms with Gasteiger partial charge >= 0.3 is 0 Å². The van der Waals surface area contributed by atoms with Crippen LogP contribution in [0.1, 0.15) is 21.5 Å². The van der Waals surface area contributed by atoms with Gasteiger partial charge in [0.25, 0.3) is 0 Å². The number of hydrogen-bond acceptors (Lipinski definition) is 3. The molecule has 0 unspecified atom stereocenters.